The Labute approximate surface area is 238 Å². The molecule has 0 aromatic heterocycles. The van der Waals surface area contributed by atoms with Gasteiger partial charge in [0, 0.05) is 12.1 Å². The molecule has 0 aliphatic carbocycles. The molecular formula is C27H32O15. The number of benzene rings is 2. The normalized spacial score (nSPS) is 36.6. The van der Waals surface area contributed by atoms with Gasteiger partial charge in [-0.25, -0.2) is 0 Å². The highest BCUT2D eigenvalue weighted by molar-refractivity contribution is 6.02. The summed E-state index contributed by atoms with van der Waals surface area (Å²) in [6, 6.07) is 6.26. The quantitative estimate of drug-likeness (QED) is 0.173. The maximum atomic E-state index is 12.8. The van der Waals surface area contributed by atoms with E-state index in [1.165, 1.54) is 31.2 Å². The number of carbonyl (C=O) groups is 1. The summed E-state index contributed by atoms with van der Waals surface area (Å²) in [4.78, 5) is 12.8. The number of rotatable bonds is 6. The molecule has 11 atom stereocenters. The van der Waals surface area contributed by atoms with Crippen molar-refractivity contribution in [2.24, 2.45) is 0 Å². The molecule has 3 aliphatic heterocycles. The molecule has 42 heavy (non-hydrogen) atoms. The fourth-order valence-corrected chi connectivity index (χ4v) is 5.04. The summed E-state index contributed by atoms with van der Waals surface area (Å²) >= 11 is 0. The lowest BCUT2D eigenvalue weighted by Crippen LogP contribution is -2.61. The molecule has 0 saturated carbocycles. The van der Waals surface area contributed by atoms with Gasteiger partial charge in [0.2, 0.25) is 6.29 Å². The van der Waals surface area contributed by atoms with Crippen LogP contribution in [-0.4, -0.2) is 120 Å². The first-order valence-corrected chi connectivity index (χ1v) is 13.1. The maximum absolute atomic E-state index is 12.8. The summed E-state index contributed by atoms with van der Waals surface area (Å²) in [5.41, 5.74) is 0.255. The molecule has 0 amide bonds. The van der Waals surface area contributed by atoms with Crippen molar-refractivity contribution in [2.75, 3.05) is 6.61 Å². The largest absolute Gasteiger partial charge is 0.507 e. The number of carbonyl (C=O) groups excluding carboxylic acids is 1. The highest BCUT2D eigenvalue weighted by Crippen LogP contribution is 2.43. The van der Waals surface area contributed by atoms with Crippen LogP contribution >= 0.6 is 0 Å². The van der Waals surface area contributed by atoms with Gasteiger partial charge in [-0.3, -0.25) is 4.79 Å². The minimum atomic E-state index is -1.78. The van der Waals surface area contributed by atoms with Crippen LogP contribution in [0.15, 0.2) is 30.3 Å². The van der Waals surface area contributed by atoms with Gasteiger partial charge in [-0.05, 0) is 24.6 Å². The second-order valence-corrected chi connectivity index (χ2v) is 10.4. The van der Waals surface area contributed by atoms with Crippen LogP contribution in [0.5, 0.6) is 28.7 Å². The van der Waals surface area contributed by atoms with E-state index in [-0.39, 0.29) is 29.2 Å². The van der Waals surface area contributed by atoms with E-state index in [1.807, 2.05) is 0 Å². The van der Waals surface area contributed by atoms with Gasteiger partial charge in [-0.15, -0.1) is 0 Å². The molecule has 9 N–H and O–H groups in total. The second-order valence-electron chi connectivity index (χ2n) is 10.4. The van der Waals surface area contributed by atoms with Crippen LogP contribution < -0.4 is 9.47 Å². The summed E-state index contributed by atoms with van der Waals surface area (Å²) < 4.78 is 27.9. The van der Waals surface area contributed by atoms with Crippen molar-refractivity contribution in [3.05, 3.63) is 41.5 Å². The van der Waals surface area contributed by atoms with Gasteiger partial charge in [0.15, 0.2) is 23.6 Å². The average Bonchev–Trinajstić information content (AvgIpc) is 2.95. The van der Waals surface area contributed by atoms with Crippen LogP contribution in [0.2, 0.25) is 0 Å². The fourth-order valence-electron chi connectivity index (χ4n) is 5.04. The number of fused-ring (bicyclic) bond motifs is 1. The average molecular weight is 597 g/mol. The Morgan fingerprint density at radius 1 is 0.786 bits per heavy atom. The van der Waals surface area contributed by atoms with Crippen molar-refractivity contribution in [3.8, 4) is 28.7 Å². The maximum Gasteiger partial charge on any atom is 0.229 e. The first kappa shape index (κ1) is 30.2. The topological polar surface area (TPSA) is 245 Å². The summed E-state index contributed by atoms with van der Waals surface area (Å²) in [5.74, 6) is -1.96. The van der Waals surface area contributed by atoms with Crippen molar-refractivity contribution in [1.82, 2.24) is 0 Å². The Morgan fingerprint density at radius 2 is 1.48 bits per heavy atom. The van der Waals surface area contributed by atoms with E-state index in [2.05, 4.69) is 0 Å². The molecule has 3 heterocycles. The van der Waals surface area contributed by atoms with Crippen molar-refractivity contribution < 1.29 is 74.4 Å². The lowest BCUT2D eigenvalue weighted by atomic mass is 9.95. The Hall–Kier alpha value is -3.25. The van der Waals surface area contributed by atoms with Gasteiger partial charge in [0.1, 0.15) is 71.6 Å². The van der Waals surface area contributed by atoms with Gasteiger partial charge in [0.25, 0.3) is 0 Å². The predicted molar refractivity (Wildman–Crippen MR) is 136 cm³/mol. The molecule has 2 saturated heterocycles. The zero-order valence-corrected chi connectivity index (χ0v) is 22.1. The fraction of sp³-hybridized carbons (Fsp3) is 0.519. The molecule has 0 spiro atoms. The van der Waals surface area contributed by atoms with Gasteiger partial charge >= 0.3 is 0 Å². The van der Waals surface area contributed by atoms with E-state index in [0.29, 0.717) is 5.56 Å². The summed E-state index contributed by atoms with van der Waals surface area (Å²) in [7, 11) is 0. The highest BCUT2D eigenvalue weighted by atomic mass is 16.7. The molecule has 230 valence electrons. The zero-order chi connectivity index (χ0) is 30.5. The lowest BCUT2D eigenvalue weighted by molar-refractivity contribution is -0.318. The van der Waals surface area contributed by atoms with E-state index in [9.17, 15) is 50.8 Å². The Bertz CT molecular complexity index is 1300. The van der Waals surface area contributed by atoms with Crippen molar-refractivity contribution in [2.45, 2.75) is 80.9 Å². The third-order valence-corrected chi connectivity index (χ3v) is 7.50. The number of phenols is 3. The summed E-state index contributed by atoms with van der Waals surface area (Å²) in [5, 5.41) is 91.3. The van der Waals surface area contributed by atoms with Crippen LogP contribution in [-0.2, 0) is 14.2 Å². The van der Waals surface area contributed by atoms with Crippen LogP contribution in [0.1, 0.15) is 35.4 Å². The number of Topliss-reactive ketones (excluding diaryl/α,β-unsaturated/α-hetero) is 1. The monoisotopic (exact) mass is 596 g/mol. The van der Waals surface area contributed by atoms with Crippen molar-refractivity contribution in [3.63, 3.8) is 0 Å². The molecule has 5 rings (SSSR count). The third kappa shape index (κ3) is 5.70. The second kappa shape index (κ2) is 11.8. The Kier molecular flexibility index (Phi) is 8.48. The number of ether oxygens (including phenoxy) is 5. The molecule has 0 bridgehead atoms. The van der Waals surface area contributed by atoms with Crippen LogP contribution in [0, 0.1) is 0 Å². The number of aliphatic hydroxyl groups is 6. The van der Waals surface area contributed by atoms with E-state index in [4.69, 9.17) is 23.7 Å². The molecule has 2 aromatic rings. The van der Waals surface area contributed by atoms with Crippen molar-refractivity contribution >= 4 is 5.78 Å². The molecular weight excluding hydrogens is 564 g/mol. The SMILES string of the molecule is CC1O[C@@H](OCC2O[C@@H](Oc3cc(O)c4c(c3)OC(c3ccc(O)c(O)c3)CC4=O)C(O)[C@@H](O)[C@@H]2O)C(O)[C@@H](O)[C@H]1O. The number of ketones is 1. The standard InChI is InChI=1S/C27H32O15/c1-9-20(32)22(34)24(36)26(39-9)38-8-18-21(33)23(35)25(37)27(42-18)40-11-5-14(30)19-15(31)7-16(41-17(19)6-11)10-2-3-12(28)13(29)4-10/h2-6,9,16,18,20-30,32-37H,7-8H2,1H3/t9?,16?,18?,20-,21+,22-,23-,24?,25?,26+,27+/m0/s1. The van der Waals surface area contributed by atoms with E-state index >= 15 is 0 Å². The smallest absolute Gasteiger partial charge is 0.229 e. The minimum Gasteiger partial charge on any atom is -0.507 e. The Morgan fingerprint density at radius 3 is 2.19 bits per heavy atom. The van der Waals surface area contributed by atoms with E-state index < -0.39 is 91.4 Å². The number of hydrogen-bond donors (Lipinski definition) is 9. The first-order chi connectivity index (χ1) is 19.8. The number of phenolic OH excluding ortho intramolecular Hbond substituents is 3. The molecule has 15 nitrogen and oxygen atoms in total. The van der Waals surface area contributed by atoms with Gasteiger partial charge in [-0.2, -0.15) is 0 Å². The lowest BCUT2D eigenvalue weighted by Gasteiger charge is -2.42. The molecule has 5 unspecified atom stereocenters. The zero-order valence-electron chi connectivity index (χ0n) is 22.1. The van der Waals surface area contributed by atoms with E-state index in [1.54, 1.807) is 0 Å². The van der Waals surface area contributed by atoms with Gasteiger partial charge in [-0.1, -0.05) is 6.07 Å². The summed E-state index contributed by atoms with van der Waals surface area (Å²) in [6.07, 6.45) is -16.1. The molecule has 2 aromatic carbocycles. The molecule has 15 heteroatoms. The number of hydrogen-bond acceptors (Lipinski definition) is 15. The van der Waals surface area contributed by atoms with Gasteiger partial charge in [0.05, 0.1) is 19.1 Å². The Balaban J connectivity index is 1.30. The molecule has 2 fully saturated rings. The summed E-state index contributed by atoms with van der Waals surface area (Å²) in [6.45, 7) is 0.949. The van der Waals surface area contributed by atoms with Crippen molar-refractivity contribution in [1.29, 1.82) is 0 Å². The molecule has 0 radical (unpaired) electrons. The predicted octanol–water partition coefficient (Wildman–Crippen LogP) is -1.46. The molecule has 3 aliphatic rings. The van der Waals surface area contributed by atoms with Crippen LogP contribution in [0.3, 0.4) is 0 Å². The minimum absolute atomic E-state index is 0.0807. The van der Waals surface area contributed by atoms with Crippen LogP contribution in [0.4, 0.5) is 0 Å². The van der Waals surface area contributed by atoms with E-state index in [0.717, 1.165) is 6.07 Å². The third-order valence-electron chi connectivity index (χ3n) is 7.50. The number of aliphatic hydroxyl groups excluding tert-OH is 6. The highest BCUT2D eigenvalue weighted by Gasteiger charge is 2.47. The number of aromatic hydroxyl groups is 3. The van der Waals surface area contributed by atoms with Gasteiger partial charge < -0.3 is 69.6 Å². The van der Waals surface area contributed by atoms with Crippen LogP contribution in [0.25, 0.3) is 0 Å². The first-order valence-electron chi connectivity index (χ1n) is 13.1.